The average Bonchev–Trinajstić information content (AvgIpc) is 2.69. The standard InChI is InChI=1S/C21H23ClF3N3O2/c1-3-10-28(11-18(29)26-13(2)14-4-6-15(22)7-5-14)12-19(30)27-17-9-8-16(23)20(24)21(17)25/h4-9,13H,3,10-12H2,1-2H3,(H,26,29)(H,27,30). The summed E-state index contributed by atoms with van der Waals surface area (Å²) in [7, 11) is 0. The van der Waals surface area contributed by atoms with E-state index in [1.807, 2.05) is 13.8 Å². The third-order valence-electron chi connectivity index (χ3n) is 4.33. The molecule has 0 saturated heterocycles. The molecule has 2 amide bonds. The summed E-state index contributed by atoms with van der Waals surface area (Å²) in [4.78, 5) is 26.2. The van der Waals surface area contributed by atoms with E-state index >= 15 is 0 Å². The van der Waals surface area contributed by atoms with Crippen LogP contribution in [0.1, 0.15) is 31.9 Å². The lowest BCUT2D eigenvalue weighted by atomic mass is 10.1. The van der Waals surface area contributed by atoms with Gasteiger partial charge in [-0.15, -0.1) is 0 Å². The fraction of sp³-hybridized carbons (Fsp3) is 0.333. The second-order valence-electron chi connectivity index (χ2n) is 6.82. The number of benzene rings is 2. The Labute approximate surface area is 178 Å². The summed E-state index contributed by atoms with van der Waals surface area (Å²) in [6.45, 7) is 3.88. The van der Waals surface area contributed by atoms with Gasteiger partial charge < -0.3 is 10.6 Å². The molecule has 0 fully saturated rings. The highest BCUT2D eigenvalue weighted by Crippen LogP contribution is 2.19. The van der Waals surface area contributed by atoms with Gasteiger partial charge in [-0.3, -0.25) is 14.5 Å². The summed E-state index contributed by atoms with van der Waals surface area (Å²) in [6, 6.07) is 8.47. The zero-order valence-corrected chi connectivity index (χ0v) is 17.4. The van der Waals surface area contributed by atoms with Crippen molar-refractivity contribution in [1.82, 2.24) is 10.2 Å². The SMILES string of the molecule is CCCN(CC(=O)Nc1ccc(F)c(F)c1F)CC(=O)NC(C)c1ccc(Cl)cc1. The van der Waals surface area contributed by atoms with E-state index in [4.69, 9.17) is 11.6 Å². The molecular weight excluding hydrogens is 419 g/mol. The molecule has 0 bridgehead atoms. The van der Waals surface area contributed by atoms with Crippen molar-refractivity contribution in [3.63, 3.8) is 0 Å². The molecule has 0 spiro atoms. The summed E-state index contributed by atoms with van der Waals surface area (Å²) < 4.78 is 40.1. The van der Waals surface area contributed by atoms with Crippen molar-refractivity contribution in [2.24, 2.45) is 0 Å². The van der Waals surface area contributed by atoms with Crippen molar-refractivity contribution >= 4 is 29.1 Å². The minimum absolute atomic E-state index is 0.0561. The van der Waals surface area contributed by atoms with Gasteiger partial charge in [0.05, 0.1) is 24.8 Å². The van der Waals surface area contributed by atoms with Gasteiger partial charge in [0.15, 0.2) is 17.5 Å². The van der Waals surface area contributed by atoms with Crippen molar-refractivity contribution in [1.29, 1.82) is 0 Å². The summed E-state index contributed by atoms with van der Waals surface area (Å²) in [5, 5.41) is 5.64. The average molecular weight is 442 g/mol. The largest absolute Gasteiger partial charge is 0.348 e. The molecule has 2 aromatic carbocycles. The molecule has 2 rings (SSSR count). The molecule has 0 saturated carbocycles. The number of carbonyl (C=O) groups excluding carboxylic acids is 2. The molecule has 5 nitrogen and oxygen atoms in total. The van der Waals surface area contributed by atoms with Crippen molar-refractivity contribution in [3.8, 4) is 0 Å². The molecular formula is C21H23ClF3N3O2. The Bertz CT molecular complexity index is 894. The number of nitrogens with zero attached hydrogens (tertiary/aromatic N) is 1. The van der Waals surface area contributed by atoms with Gasteiger partial charge in [0.2, 0.25) is 11.8 Å². The van der Waals surface area contributed by atoms with E-state index in [1.54, 1.807) is 29.2 Å². The Balaban J connectivity index is 1.94. The molecule has 30 heavy (non-hydrogen) atoms. The van der Waals surface area contributed by atoms with E-state index in [1.165, 1.54) is 0 Å². The van der Waals surface area contributed by atoms with Crippen LogP contribution in [0.15, 0.2) is 36.4 Å². The van der Waals surface area contributed by atoms with E-state index in [0.29, 0.717) is 18.0 Å². The molecule has 0 aliphatic heterocycles. The molecule has 2 N–H and O–H groups in total. The van der Waals surface area contributed by atoms with Gasteiger partial charge in [-0.05, 0) is 49.7 Å². The first-order chi connectivity index (χ1) is 14.2. The highest BCUT2D eigenvalue weighted by atomic mass is 35.5. The van der Waals surface area contributed by atoms with Crippen molar-refractivity contribution in [3.05, 3.63) is 64.4 Å². The lowest BCUT2D eigenvalue weighted by Gasteiger charge is -2.22. The van der Waals surface area contributed by atoms with Crippen LogP contribution >= 0.6 is 11.6 Å². The van der Waals surface area contributed by atoms with Crippen LogP contribution in [0.5, 0.6) is 0 Å². The number of anilines is 1. The Morgan fingerprint density at radius 3 is 2.27 bits per heavy atom. The molecule has 9 heteroatoms. The van der Waals surface area contributed by atoms with Gasteiger partial charge in [-0.25, -0.2) is 13.2 Å². The number of rotatable bonds is 9. The highest BCUT2D eigenvalue weighted by molar-refractivity contribution is 6.30. The smallest absolute Gasteiger partial charge is 0.238 e. The monoisotopic (exact) mass is 441 g/mol. The minimum atomic E-state index is -1.66. The van der Waals surface area contributed by atoms with Crippen LogP contribution in [0.2, 0.25) is 5.02 Å². The first kappa shape index (κ1) is 23.7. The minimum Gasteiger partial charge on any atom is -0.348 e. The maximum Gasteiger partial charge on any atom is 0.238 e. The summed E-state index contributed by atoms with van der Waals surface area (Å²) in [5.41, 5.74) is 0.414. The van der Waals surface area contributed by atoms with Gasteiger partial charge in [-0.1, -0.05) is 30.7 Å². The molecule has 0 heterocycles. The highest BCUT2D eigenvalue weighted by Gasteiger charge is 2.19. The Morgan fingerprint density at radius 1 is 1.00 bits per heavy atom. The fourth-order valence-electron chi connectivity index (χ4n) is 2.87. The zero-order valence-electron chi connectivity index (χ0n) is 16.6. The van der Waals surface area contributed by atoms with Crippen molar-refractivity contribution in [2.45, 2.75) is 26.3 Å². The predicted molar refractivity (Wildman–Crippen MR) is 110 cm³/mol. The summed E-state index contributed by atoms with van der Waals surface area (Å²) in [6.07, 6.45) is 0.673. The van der Waals surface area contributed by atoms with Gasteiger partial charge in [0.1, 0.15) is 0 Å². The van der Waals surface area contributed by atoms with E-state index in [0.717, 1.165) is 17.7 Å². The summed E-state index contributed by atoms with van der Waals surface area (Å²) >= 11 is 5.86. The number of halogens is 4. The molecule has 0 aromatic heterocycles. The van der Waals surface area contributed by atoms with Crippen LogP contribution in [-0.4, -0.2) is 36.3 Å². The van der Waals surface area contributed by atoms with Crippen LogP contribution in [-0.2, 0) is 9.59 Å². The van der Waals surface area contributed by atoms with Gasteiger partial charge >= 0.3 is 0 Å². The van der Waals surface area contributed by atoms with Crippen LogP contribution in [0.3, 0.4) is 0 Å². The normalized spacial score (nSPS) is 12.0. The maximum absolute atomic E-state index is 13.7. The number of nitrogens with one attached hydrogen (secondary N) is 2. The lowest BCUT2D eigenvalue weighted by molar-refractivity contribution is -0.124. The Morgan fingerprint density at radius 2 is 1.63 bits per heavy atom. The van der Waals surface area contributed by atoms with Crippen molar-refractivity contribution in [2.75, 3.05) is 25.0 Å². The zero-order chi connectivity index (χ0) is 22.3. The Kier molecular flexibility index (Phi) is 8.68. The van der Waals surface area contributed by atoms with Crippen LogP contribution in [0.25, 0.3) is 0 Å². The second-order valence-corrected chi connectivity index (χ2v) is 7.26. The van der Waals surface area contributed by atoms with Crippen LogP contribution in [0.4, 0.5) is 18.9 Å². The third kappa shape index (κ3) is 6.74. The molecule has 0 radical (unpaired) electrons. The molecule has 0 aliphatic carbocycles. The number of amides is 2. The summed E-state index contributed by atoms with van der Waals surface area (Å²) in [5.74, 6) is -5.41. The van der Waals surface area contributed by atoms with Crippen LogP contribution in [0, 0.1) is 17.5 Å². The topological polar surface area (TPSA) is 61.4 Å². The van der Waals surface area contributed by atoms with E-state index < -0.39 is 29.0 Å². The fourth-order valence-corrected chi connectivity index (χ4v) is 3.00. The molecule has 1 unspecified atom stereocenters. The third-order valence-corrected chi connectivity index (χ3v) is 4.58. The number of hydrogen-bond acceptors (Lipinski definition) is 3. The molecule has 2 aromatic rings. The van der Waals surface area contributed by atoms with Gasteiger partial charge in [0.25, 0.3) is 0 Å². The Hall–Kier alpha value is -2.58. The second kappa shape index (κ2) is 11.0. The van der Waals surface area contributed by atoms with E-state index in [9.17, 15) is 22.8 Å². The van der Waals surface area contributed by atoms with Gasteiger partial charge in [-0.2, -0.15) is 0 Å². The number of hydrogen-bond donors (Lipinski definition) is 2. The van der Waals surface area contributed by atoms with Crippen molar-refractivity contribution < 1.29 is 22.8 Å². The van der Waals surface area contributed by atoms with Crippen LogP contribution < -0.4 is 10.6 Å². The lowest BCUT2D eigenvalue weighted by Crippen LogP contribution is -2.42. The molecule has 1 atom stereocenters. The quantitative estimate of drug-likeness (QED) is 0.571. The maximum atomic E-state index is 13.7. The number of carbonyl (C=O) groups is 2. The predicted octanol–water partition coefficient (Wildman–Crippen LogP) is 4.29. The first-order valence-corrected chi connectivity index (χ1v) is 9.79. The van der Waals surface area contributed by atoms with E-state index in [2.05, 4.69) is 10.6 Å². The molecule has 162 valence electrons. The first-order valence-electron chi connectivity index (χ1n) is 9.41. The van der Waals surface area contributed by atoms with E-state index in [-0.39, 0.29) is 25.0 Å². The van der Waals surface area contributed by atoms with Gasteiger partial charge in [0, 0.05) is 5.02 Å². The molecule has 0 aliphatic rings.